The molecule has 41 heavy (non-hydrogen) atoms. The van der Waals surface area contributed by atoms with Crippen LogP contribution < -0.4 is 10.1 Å². The fourth-order valence-corrected chi connectivity index (χ4v) is 8.02. The number of sulfonamides is 1. The zero-order chi connectivity index (χ0) is 28.6. The summed E-state index contributed by atoms with van der Waals surface area (Å²) in [5, 5.41) is 13.7. The van der Waals surface area contributed by atoms with Crippen molar-refractivity contribution in [3.8, 4) is 16.9 Å². The number of aryl methyl sites for hydroxylation is 1. The molecular formula is C31H36N4O5S. The topological polar surface area (TPSA) is 112 Å². The maximum atomic E-state index is 13.9. The first kappa shape index (κ1) is 27.8. The highest BCUT2D eigenvalue weighted by Gasteiger charge is 2.47. The lowest BCUT2D eigenvalue weighted by Crippen LogP contribution is -2.59. The second-order valence-electron chi connectivity index (χ2n) is 11.5. The number of benzene rings is 2. The molecule has 3 aromatic rings. The number of nitrogens with zero attached hydrogens (tertiary/aromatic N) is 3. The molecule has 0 radical (unpaired) electrons. The molecular weight excluding hydrogens is 540 g/mol. The van der Waals surface area contributed by atoms with Crippen molar-refractivity contribution in [2.75, 3.05) is 26.2 Å². The van der Waals surface area contributed by atoms with Crippen LogP contribution in [0.2, 0.25) is 0 Å². The van der Waals surface area contributed by atoms with E-state index < -0.39 is 27.7 Å². The van der Waals surface area contributed by atoms with E-state index in [0.29, 0.717) is 6.42 Å². The Morgan fingerprint density at radius 1 is 1.07 bits per heavy atom. The van der Waals surface area contributed by atoms with E-state index in [-0.39, 0.29) is 36.1 Å². The number of fused-ring (bicyclic) bond motifs is 2. The second-order valence-corrected chi connectivity index (χ2v) is 13.3. The lowest BCUT2D eigenvalue weighted by Gasteiger charge is -2.43. The van der Waals surface area contributed by atoms with Crippen LogP contribution in [0.15, 0.2) is 71.9 Å². The Hall–Kier alpha value is -3.31. The molecule has 0 saturated carbocycles. The quantitative estimate of drug-likeness (QED) is 0.493. The Morgan fingerprint density at radius 3 is 2.63 bits per heavy atom. The van der Waals surface area contributed by atoms with Crippen LogP contribution in [0.3, 0.4) is 0 Å². The van der Waals surface area contributed by atoms with Crippen LogP contribution in [0.5, 0.6) is 5.75 Å². The van der Waals surface area contributed by atoms with Crippen LogP contribution in [-0.2, 0) is 21.4 Å². The number of ether oxygens (including phenoxy) is 1. The van der Waals surface area contributed by atoms with Gasteiger partial charge in [-0.15, -0.1) is 0 Å². The van der Waals surface area contributed by atoms with Gasteiger partial charge in [0, 0.05) is 62.5 Å². The molecule has 2 aromatic carbocycles. The summed E-state index contributed by atoms with van der Waals surface area (Å²) in [5.74, 6) is -0.110. The Morgan fingerprint density at radius 2 is 1.88 bits per heavy atom. The molecule has 2 N–H and O–H groups in total. The van der Waals surface area contributed by atoms with Crippen LogP contribution in [0, 0.1) is 6.92 Å². The first-order valence-electron chi connectivity index (χ1n) is 14.2. The monoisotopic (exact) mass is 576 g/mol. The van der Waals surface area contributed by atoms with E-state index in [1.807, 2.05) is 18.2 Å². The number of aromatic nitrogens is 1. The standard InChI is InChI=1S/C31H36N4O5S/c1-22-5-2-3-6-25(22)20-34-14-10-31(11-15-34)12-16-40-28-17-23(24-7-4-13-32-19-24)8-9-29(28)41(38,39)35-21-26(36)18-27(35)30(37)33-31/h2-9,13,17,19,26-27,36H,10-12,14-16,18,20-21H2,1H3,(H,33,37)/t26-,27+/m1/s1. The lowest BCUT2D eigenvalue weighted by molar-refractivity contribution is -0.127. The van der Waals surface area contributed by atoms with Crippen molar-refractivity contribution in [3.63, 3.8) is 0 Å². The third-order valence-corrected chi connectivity index (χ3v) is 10.7. The molecule has 2 saturated heterocycles. The van der Waals surface area contributed by atoms with Gasteiger partial charge in [-0.25, -0.2) is 8.42 Å². The van der Waals surface area contributed by atoms with Gasteiger partial charge < -0.3 is 15.2 Å². The predicted octanol–water partition coefficient (Wildman–Crippen LogP) is 3.11. The summed E-state index contributed by atoms with van der Waals surface area (Å²) in [6.45, 7) is 4.68. The van der Waals surface area contributed by atoms with Crippen LogP contribution in [-0.4, -0.2) is 77.5 Å². The summed E-state index contributed by atoms with van der Waals surface area (Å²) >= 11 is 0. The first-order valence-corrected chi connectivity index (χ1v) is 15.6. The number of carbonyl (C=O) groups is 1. The minimum atomic E-state index is -4.13. The lowest BCUT2D eigenvalue weighted by atomic mass is 9.84. The first-order chi connectivity index (χ1) is 19.7. The summed E-state index contributed by atoms with van der Waals surface area (Å²) in [4.78, 5) is 20.3. The largest absolute Gasteiger partial charge is 0.492 e. The van der Waals surface area contributed by atoms with Gasteiger partial charge in [0.15, 0.2) is 0 Å². The Kier molecular flexibility index (Phi) is 7.58. The van der Waals surface area contributed by atoms with Crippen LogP contribution in [0.4, 0.5) is 0 Å². The molecule has 10 heteroatoms. The summed E-state index contributed by atoms with van der Waals surface area (Å²) in [5.41, 5.74) is 3.64. The van der Waals surface area contributed by atoms with Gasteiger partial charge in [0.05, 0.1) is 12.7 Å². The maximum Gasteiger partial charge on any atom is 0.247 e. The number of amides is 1. The van der Waals surface area contributed by atoms with Gasteiger partial charge >= 0.3 is 0 Å². The SMILES string of the molecule is Cc1ccccc1CN1CCC2(CCOc3cc(-c4cccnc4)ccc3S(=O)(=O)N3C[C@H](O)C[C@H]3C(=O)N2)CC1. The average molecular weight is 577 g/mol. The van der Waals surface area contributed by atoms with E-state index in [2.05, 4.69) is 40.3 Å². The smallest absolute Gasteiger partial charge is 0.247 e. The molecule has 3 aliphatic heterocycles. The zero-order valence-electron chi connectivity index (χ0n) is 23.2. The van der Waals surface area contributed by atoms with Crippen LogP contribution in [0.1, 0.15) is 36.8 Å². The van der Waals surface area contributed by atoms with E-state index in [9.17, 15) is 18.3 Å². The predicted molar refractivity (Wildman–Crippen MR) is 155 cm³/mol. The van der Waals surface area contributed by atoms with E-state index in [0.717, 1.165) is 47.9 Å². The molecule has 1 aromatic heterocycles. The zero-order valence-corrected chi connectivity index (χ0v) is 24.0. The second kappa shape index (κ2) is 11.2. The van der Waals surface area contributed by atoms with Crippen LogP contribution >= 0.6 is 0 Å². The molecule has 3 aliphatic rings. The highest BCUT2D eigenvalue weighted by molar-refractivity contribution is 7.89. The minimum Gasteiger partial charge on any atom is -0.492 e. The molecule has 4 heterocycles. The van der Waals surface area contributed by atoms with Crippen molar-refractivity contribution in [1.82, 2.24) is 19.5 Å². The highest BCUT2D eigenvalue weighted by Crippen LogP contribution is 2.37. The number of rotatable bonds is 3. The van der Waals surface area contributed by atoms with Crippen molar-refractivity contribution in [3.05, 3.63) is 78.1 Å². The van der Waals surface area contributed by atoms with Crippen LogP contribution in [0.25, 0.3) is 11.1 Å². The van der Waals surface area contributed by atoms with Crippen molar-refractivity contribution >= 4 is 15.9 Å². The van der Waals surface area contributed by atoms with Gasteiger partial charge in [-0.3, -0.25) is 14.7 Å². The number of carbonyl (C=O) groups excluding carboxylic acids is 1. The van der Waals surface area contributed by atoms with E-state index >= 15 is 0 Å². The summed E-state index contributed by atoms with van der Waals surface area (Å²) in [6, 6.07) is 16.1. The Bertz CT molecular complexity index is 1520. The molecule has 6 rings (SSSR count). The van der Waals surface area contributed by atoms with E-state index in [4.69, 9.17) is 4.74 Å². The Labute approximate surface area is 241 Å². The fraction of sp³-hybridized carbons (Fsp3) is 0.419. The summed E-state index contributed by atoms with van der Waals surface area (Å²) < 4.78 is 35.2. The summed E-state index contributed by atoms with van der Waals surface area (Å²) in [7, 11) is -4.13. The van der Waals surface area contributed by atoms with Gasteiger partial charge in [-0.2, -0.15) is 4.31 Å². The number of pyridine rings is 1. The molecule has 1 amide bonds. The van der Waals surface area contributed by atoms with Gasteiger partial charge in [0.1, 0.15) is 16.7 Å². The van der Waals surface area contributed by atoms with Gasteiger partial charge in [0.25, 0.3) is 0 Å². The molecule has 9 nitrogen and oxygen atoms in total. The van der Waals surface area contributed by atoms with Crippen molar-refractivity contribution in [1.29, 1.82) is 0 Å². The molecule has 0 aliphatic carbocycles. The average Bonchev–Trinajstić information content (AvgIpc) is 3.38. The number of likely N-dealkylation sites (tertiary alicyclic amines) is 1. The minimum absolute atomic E-state index is 0.000963. The third kappa shape index (κ3) is 5.61. The van der Waals surface area contributed by atoms with Crippen molar-refractivity contribution in [2.24, 2.45) is 0 Å². The molecule has 2 atom stereocenters. The van der Waals surface area contributed by atoms with E-state index in [1.165, 1.54) is 17.2 Å². The highest BCUT2D eigenvalue weighted by atomic mass is 32.2. The Balaban J connectivity index is 1.30. The van der Waals surface area contributed by atoms with Crippen molar-refractivity contribution in [2.45, 2.75) is 61.7 Å². The molecule has 1 spiro atoms. The summed E-state index contributed by atoms with van der Waals surface area (Å²) in [6.07, 6.45) is 4.53. The number of nitrogens with one attached hydrogen (secondary N) is 1. The number of hydrogen-bond acceptors (Lipinski definition) is 7. The van der Waals surface area contributed by atoms with Gasteiger partial charge in [0.2, 0.25) is 15.9 Å². The molecule has 2 fully saturated rings. The molecule has 0 unspecified atom stereocenters. The van der Waals surface area contributed by atoms with Crippen molar-refractivity contribution < 1.29 is 23.1 Å². The normalized spacial score (nSPS) is 24.5. The van der Waals surface area contributed by atoms with Gasteiger partial charge in [-0.1, -0.05) is 36.4 Å². The number of aliphatic hydroxyl groups is 1. The van der Waals surface area contributed by atoms with Gasteiger partial charge in [-0.05, 0) is 54.7 Å². The third-order valence-electron chi connectivity index (χ3n) is 8.76. The number of piperidine rings is 1. The molecule has 0 bridgehead atoms. The van der Waals surface area contributed by atoms with E-state index in [1.54, 1.807) is 24.5 Å². The fourth-order valence-electron chi connectivity index (χ4n) is 6.27. The number of aliphatic hydroxyl groups excluding tert-OH is 1. The number of hydrogen-bond donors (Lipinski definition) is 2. The molecule has 216 valence electrons. The maximum absolute atomic E-state index is 13.9.